The molecule has 0 radical (unpaired) electrons. The largest absolute Gasteiger partial charge is 0.534 e. The van der Waals surface area contributed by atoms with Crippen LogP contribution in [0.4, 0.5) is 8.78 Å². The molecule has 3 nitrogen and oxygen atoms in total. The first-order chi connectivity index (χ1) is 4.99. The molecule has 11 heavy (non-hydrogen) atoms. The van der Waals surface area contributed by atoms with Crippen LogP contribution >= 0.6 is 0 Å². The first-order valence-electron chi connectivity index (χ1n) is 3.32. The SMILES string of the molecule is O=C(OC(O)(F)F)C1CCC1. The summed E-state index contributed by atoms with van der Waals surface area (Å²) in [4.78, 5) is 10.6. The molecule has 0 aromatic carbocycles. The Labute approximate surface area is 62.0 Å². The topological polar surface area (TPSA) is 46.5 Å². The fourth-order valence-electron chi connectivity index (χ4n) is 0.848. The average molecular weight is 166 g/mol. The van der Waals surface area contributed by atoms with Crippen LogP contribution < -0.4 is 0 Å². The lowest BCUT2D eigenvalue weighted by Crippen LogP contribution is -2.31. The van der Waals surface area contributed by atoms with Crippen LogP contribution in [-0.4, -0.2) is 17.4 Å². The van der Waals surface area contributed by atoms with Gasteiger partial charge in [0.25, 0.3) is 0 Å². The lowest BCUT2D eigenvalue weighted by atomic mass is 9.86. The van der Waals surface area contributed by atoms with Crippen molar-refractivity contribution in [3.05, 3.63) is 0 Å². The van der Waals surface area contributed by atoms with Crippen LogP contribution in [0.2, 0.25) is 0 Å². The maximum absolute atomic E-state index is 11.6. The van der Waals surface area contributed by atoms with Crippen molar-refractivity contribution in [3.63, 3.8) is 0 Å². The fourth-order valence-corrected chi connectivity index (χ4v) is 0.848. The minimum Gasteiger partial charge on any atom is -0.377 e. The number of carbonyl (C=O) groups excluding carboxylic acids is 1. The Hall–Kier alpha value is -0.710. The second-order valence-corrected chi connectivity index (χ2v) is 2.53. The number of hydrogen-bond acceptors (Lipinski definition) is 3. The zero-order valence-electron chi connectivity index (χ0n) is 5.72. The van der Waals surface area contributed by atoms with Gasteiger partial charge in [-0.3, -0.25) is 4.79 Å². The van der Waals surface area contributed by atoms with E-state index in [0.717, 1.165) is 6.42 Å². The number of esters is 1. The molecule has 0 spiro atoms. The molecule has 1 rings (SSSR count). The van der Waals surface area contributed by atoms with Gasteiger partial charge in [-0.1, -0.05) is 6.42 Å². The van der Waals surface area contributed by atoms with Gasteiger partial charge in [0.2, 0.25) is 0 Å². The van der Waals surface area contributed by atoms with Gasteiger partial charge in [-0.2, -0.15) is 0 Å². The summed E-state index contributed by atoms with van der Waals surface area (Å²) in [6, 6.07) is 0. The molecular formula is C6H8F2O3. The number of ether oxygens (including phenoxy) is 1. The van der Waals surface area contributed by atoms with Crippen molar-refractivity contribution >= 4 is 5.97 Å². The Kier molecular flexibility index (Phi) is 2.08. The summed E-state index contributed by atoms with van der Waals surface area (Å²) in [5, 5.41) is 7.78. The molecule has 0 amide bonds. The molecule has 1 aliphatic rings. The van der Waals surface area contributed by atoms with E-state index in [4.69, 9.17) is 5.11 Å². The van der Waals surface area contributed by atoms with E-state index in [2.05, 4.69) is 4.74 Å². The van der Waals surface area contributed by atoms with Gasteiger partial charge in [0.1, 0.15) is 0 Å². The number of aliphatic hydroxyl groups is 1. The summed E-state index contributed by atoms with van der Waals surface area (Å²) in [7, 11) is 0. The quantitative estimate of drug-likeness (QED) is 0.489. The summed E-state index contributed by atoms with van der Waals surface area (Å²) in [6.07, 6.45) is -2.30. The van der Waals surface area contributed by atoms with Gasteiger partial charge in [0.05, 0.1) is 5.92 Å². The Bertz CT molecular complexity index is 160. The third-order valence-corrected chi connectivity index (χ3v) is 1.66. The molecule has 0 aromatic rings. The zero-order chi connectivity index (χ0) is 8.48. The van der Waals surface area contributed by atoms with E-state index in [-0.39, 0.29) is 0 Å². The summed E-state index contributed by atoms with van der Waals surface area (Å²) in [5.74, 6) is -1.45. The van der Waals surface area contributed by atoms with Gasteiger partial charge in [0, 0.05) is 0 Å². The monoisotopic (exact) mass is 166 g/mol. The zero-order valence-corrected chi connectivity index (χ0v) is 5.72. The number of carbonyl (C=O) groups is 1. The normalized spacial score (nSPS) is 19.2. The standard InChI is InChI=1S/C6H8F2O3/c7-6(8,10)11-5(9)4-2-1-3-4/h4,10H,1-3H2. The first kappa shape index (κ1) is 8.39. The van der Waals surface area contributed by atoms with Crippen molar-refractivity contribution < 1.29 is 23.4 Å². The van der Waals surface area contributed by atoms with Gasteiger partial charge in [-0.25, -0.2) is 0 Å². The molecule has 0 atom stereocenters. The van der Waals surface area contributed by atoms with Crippen molar-refractivity contribution in [1.29, 1.82) is 0 Å². The first-order valence-corrected chi connectivity index (χ1v) is 3.32. The molecule has 1 saturated carbocycles. The molecule has 0 heterocycles. The number of halogens is 2. The van der Waals surface area contributed by atoms with E-state index in [1.54, 1.807) is 0 Å². The highest BCUT2D eigenvalue weighted by atomic mass is 19.3. The Balaban J connectivity index is 2.31. The minimum atomic E-state index is -4.31. The molecular weight excluding hydrogens is 158 g/mol. The second-order valence-electron chi connectivity index (χ2n) is 2.53. The average Bonchev–Trinajstić information content (AvgIpc) is 1.50. The summed E-state index contributed by atoms with van der Waals surface area (Å²) < 4.78 is 26.6. The van der Waals surface area contributed by atoms with Gasteiger partial charge < -0.3 is 9.84 Å². The molecule has 0 aliphatic heterocycles. The lowest BCUT2D eigenvalue weighted by Gasteiger charge is -2.23. The molecule has 0 saturated heterocycles. The summed E-state index contributed by atoms with van der Waals surface area (Å²) in [6.45, 7) is 0. The highest BCUT2D eigenvalue weighted by Crippen LogP contribution is 2.29. The van der Waals surface area contributed by atoms with Crippen LogP contribution in [-0.2, 0) is 9.53 Å². The molecule has 1 aliphatic carbocycles. The minimum absolute atomic E-state index is 0.437. The van der Waals surface area contributed by atoms with E-state index < -0.39 is 18.2 Å². The van der Waals surface area contributed by atoms with E-state index in [1.165, 1.54) is 0 Å². The predicted molar refractivity (Wildman–Crippen MR) is 30.6 cm³/mol. The smallest absolute Gasteiger partial charge is 0.377 e. The van der Waals surface area contributed by atoms with E-state index in [9.17, 15) is 13.6 Å². The Morgan fingerprint density at radius 2 is 2.09 bits per heavy atom. The van der Waals surface area contributed by atoms with Crippen LogP contribution in [0.25, 0.3) is 0 Å². The second kappa shape index (κ2) is 2.73. The van der Waals surface area contributed by atoms with E-state index in [0.29, 0.717) is 12.8 Å². The number of hydrogen-bond donors (Lipinski definition) is 1. The van der Waals surface area contributed by atoms with E-state index >= 15 is 0 Å². The van der Waals surface area contributed by atoms with Crippen LogP contribution in [0.3, 0.4) is 0 Å². The third-order valence-electron chi connectivity index (χ3n) is 1.66. The van der Waals surface area contributed by atoms with Gasteiger partial charge in [0.15, 0.2) is 0 Å². The number of rotatable bonds is 2. The molecule has 64 valence electrons. The molecule has 0 aromatic heterocycles. The van der Waals surface area contributed by atoms with Crippen molar-refractivity contribution in [2.75, 3.05) is 0 Å². The van der Waals surface area contributed by atoms with Crippen molar-refractivity contribution in [1.82, 2.24) is 0 Å². The van der Waals surface area contributed by atoms with E-state index in [1.807, 2.05) is 0 Å². The molecule has 5 heteroatoms. The van der Waals surface area contributed by atoms with Crippen molar-refractivity contribution in [2.45, 2.75) is 25.6 Å². The van der Waals surface area contributed by atoms with Crippen molar-refractivity contribution in [2.24, 2.45) is 5.92 Å². The predicted octanol–water partition coefficient (Wildman–Crippen LogP) is 0.872. The fraction of sp³-hybridized carbons (Fsp3) is 0.833. The highest BCUT2D eigenvalue weighted by Gasteiger charge is 2.36. The molecule has 0 unspecified atom stereocenters. The highest BCUT2D eigenvalue weighted by molar-refractivity contribution is 5.73. The number of alkyl halides is 2. The Morgan fingerprint density at radius 3 is 2.36 bits per heavy atom. The van der Waals surface area contributed by atoms with Gasteiger partial charge >= 0.3 is 12.3 Å². The Morgan fingerprint density at radius 1 is 1.55 bits per heavy atom. The lowest BCUT2D eigenvalue weighted by molar-refractivity contribution is -0.353. The summed E-state index contributed by atoms with van der Waals surface area (Å²) in [5.41, 5.74) is 0. The maximum atomic E-state index is 11.6. The van der Waals surface area contributed by atoms with Gasteiger partial charge in [-0.05, 0) is 12.8 Å². The molecule has 0 bridgehead atoms. The van der Waals surface area contributed by atoms with Crippen LogP contribution in [0.5, 0.6) is 0 Å². The third kappa shape index (κ3) is 2.42. The van der Waals surface area contributed by atoms with Crippen LogP contribution in [0.1, 0.15) is 19.3 Å². The van der Waals surface area contributed by atoms with Crippen LogP contribution in [0, 0.1) is 5.92 Å². The van der Waals surface area contributed by atoms with Crippen molar-refractivity contribution in [3.8, 4) is 0 Å². The molecule has 1 N–H and O–H groups in total. The van der Waals surface area contributed by atoms with Gasteiger partial charge in [-0.15, -0.1) is 8.78 Å². The molecule has 1 fully saturated rings. The maximum Gasteiger partial charge on any atom is 0.534 e. The summed E-state index contributed by atoms with van der Waals surface area (Å²) >= 11 is 0. The van der Waals surface area contributed by atoms with Crippen LogP contribution in [0.15, 0.2) is 0 Å².